The lowest BCUT2D eigenvalue weighted by atomic mass is 9.57. The highest BCUT2D eigenvalue weighted by Crippen LogP contribution is 2.60. The second-order valence-corrected chi connectivity index (χ2v) is 11.2. The Bertz CT molecular complexity index is 861. The molecule has 1 heterocycles. The van der Waals surface area contributed by atoms with Crippen LogP contribution in [0.15, 0.2) is 23.8 Å². The largest absolute Gasteiger partial charge is 0.393 e. The van der Waals surface area contributed by atoms with Gasteiger partial charge in [0.1, 0.15) is 0 Å². The molecule has 164 valence electrons. The van der Waals surface area contributed by atoms with Crippen LogP contribution >= 0.6 is 0 Å². The molecule has 1 saturated heterocycles. The van der Waals surface area contributed by atoms with E-state index < -0.39 is 0 Å². The second kappa shape index (κ2) is 7.46. The molecule has 0 aromatic heterocycles. The number of piperidine rings is 1. The highest BCUT2D eigenvalue weighted by Gasteiger charge is 2.50. The van der Waals surface area contributed by atoms with Crippen molar-refractivity contribution >= 4 is 0 Å². The first kappa shape index (κ1) is 20.7. The van der Waals surface area contributed by atoms with Gasteiger partial charge in [0.25, 0.3) is 0 Å². The molecule has 2 fully saturated rings. The molecule has 3 nitrogen and oxygen atoms in total. The molecule has 5 rings (SSSR count). The van der Waals surface area contributed by atoms with Crippen molar-refractivity contribution in [2.24, 2.45) is 17.3 Å². The number of allylic oxidation sites excluding steroid dienone is 1. The molecule has 0 unspecified atom stereocenters. The summed E-state index contributed by atoms with van der Waals surface area (Å²) in [6.07, 6.45) is 8.20. The molecule has 1 aromatic carbocycles. The van der Waals surface area contributed by atoms with Gasteiger partial charge in [-0.05, 0) is 103 Å². The predicted molar refractivity (Wildman–Crippen MR) is 122 cm³/mol. The minimum absolute atomic E-state index is 0.143. The van der Waals surface area contributed by atoms with Gasteiger partial charge >= 0.3 is 0 Å². The predicted octanol–water partition coefficient (Wildman–Crippen LogP) is 4.59. The van der Waals surface area contributed by atoms with Gasteiger partial charge < -0.3 is 15.5 Å². The zero-order valence-corrected chi connectivity index (χ0v) is 19.1. The first-order valence-corrected chi connectivity index (χ1v) is 12.2. The van der Waals surface area contributed by atoms with Crippen LogP contribution in [-0.4, -0.2) is 35.0 Å². The normalized spacial score (nSPS) is 41.5. The van der Waals surface area contributed by atoms with Crippen molar-refractivity contribution in [2.45, 2.75) is 96.3 Å². The van der Waals surface area contributed by atoms with Gasteiger partial charge in [-0.15, -0.1) is 0 Å². The fourth-order valence-corrected chi connectivity index (χ4v) is 7.49. The van der Waals surface area contributed by atoms with E-state index in [2.05, 4.69) is 51.2 Å². The zero-order valence-electron chi connectivity index (χ0n) is 19.1. The molecule has 0 amide bonds. The summed E-state index contributed by atoms with van der Waals surface area (Å²) in [4.78, 5) is 0. The molecule has 4 aliphatic rings. The number of fused-ring (bicyclic) bond motifs is 5. The van der Waals surface area contributed by atoms with Gasteiger partial charge in [0, 0.05) is 6.04 Å². The summed E-state index contributed by atoms with van der Waals surface area (Å²) in [5, 5.41) is 24.6. The van der Waals surface area contributed by atoms with Crippen molar-refractivity contribution in [2.75, 3.05) is 6.54 Å². The molecule has 8 atom stereocenters. The Balaban J connectivity index is 1.44. The second-order valence-electron chi connectivity index (χ2n) is 11.2. The lowest BCUT2D eigenvalue weighted by Gasteiger charge is -2.48. The van der Waals surface area contributed by atoms with E-state index in [9.17, 15) is 10.2 Å². The maximum atomic E-state index is 10.7. The standard InChI is InChI=1S/C27H39NO2/c1-15-11-25(30)26(28-14-15)17(3)20-7-8-21-22-6-5-18-12-19(29)9-10-27(18,4)24(22)13-23(21)16(20)2/h5,7-8,15,17,19,22,24-26,28-30H,6,9-14H2,1-4H3/t15-,17+,19-,22-,24-,25+,26-,27-/m0/s1. The topological polar surface area (TPSA) is 52.5 Å². The van der Waals surface area contributed by atoms with Crippen LogP contribution < -0.4 is 5.32 Å². The van der Waals surface area contributed by atoms with E-state index in [-0.39, 0.29) is 23.7 Å². The molecule has 0 radical (unpaired) electrons. The summed E-state index contributed by atoms with van der Waals surface area (Å²) in [5.74, 6) is 2.16. The summed E-state index contributed by atoms with van der Waals surface area (Å²) in [7, 11) is 0. The fraction of sp³-hybridized carbons (Fsp3) is 0.704. The van der Waals surface area contributed by atoms with Gasteiger partial charge in [0.2, 0.25) is 0 Å². The highest BCUT2D eigenvalue weighted by atomic mass is 16.3. The van der Waals surface area contributed by atoms with Crippen molar-refractivity contribution in [3.05, 3.63) is 46.0 Å². The van der Waals surface area contributed by atoms with E-state index in [0.717, 1.165) is 38.6 Å². The lowest BCUT2D eigenvalue weighted by Crippen LogP contribution is -2.50. The number of rotatable bonds is 2. The third kappa shape index (κ3) is 3.12. The number of aliphatic hydroxyl groups excluding tert-OH is 2. The maximum absolute atomic E-state index is 10.7. The fourth-order valence-electron chi connectivity index (χ4n) is 7.49. The minimum atomic E-state index is -0.265. The van der Waals surface area contributed by atoms with Crippen LogP contribution in [0.25, 0.3) is 0 Å². The minimum Gasteiger partial charge on any atom is -0.393 e. The molecule has 3 N–H and O–H groups in total. The third-order valence-corrected chi connectivity index (χ3v) is 9.40. The van der Waals surface area contributed by atoms with E-state index >= 15 is 0 Å². The Morgan fingerprint density at radius 2 is 2.00 bits per heavy atom. The molecular weight excluding hydrogens is 370 g/mol. The van der Waals surface area contributed by atoms with Crippen LogP contribution in [0, 0.1) is 24.2 Å². The zero-order chi connectivity index (χ0) is 21.2. The Labute approximate surface area is 182 Å². The number of hydrogen-bond donors (Lipinski definition) is 3. The van der Waals surface area contributed by atoms with E-state index in [1.165, 1.54) is 23.1 Å². The Morgan fingerprint density at radius 1 is 1.20 bits per heavy atom. The molecule has 1 saturated carbocycles. The molecule has 3 heteroatoms. The van der Waals surface area contributed by atoms with Crippen LogP contribution in [0.5, 0.6) is 0 Å². The Hall–Kier alpha value is -1.16. The molecule has 30 heavy (non-hydrogen) atoms. The highest BCUT2D eigenvalue weighted by molar-refractivity contribution is 5.49. The van der Waals surface area contributed by atoms with Crippen LogP contribution in [0.1, 0.15) is 87.0 Å². The van der Waals surface area contributed by atoms with E-state index in [1.807, 2.05) is 0 Å². The van der Waals surface area contributed by atoms with E-state index in [4.69, 9.17) is 0 Å². The van der Waals surface area contributed by atoms with Crippen molar-refractivity contribution in [1.29, 1.82) is 0 Å². The van der Waals surface area contributed by atoms with Crippen LogP contribution in [0.4, 0.5) is 0 Å². The average Bonchev–Trinajstić information content (AvgIpc) is 3.09. The monoisotopic (exact) mass is 409 g/mol. The van der Waals surface area contributed by atoms with Crippen molar-refractivity contribution < 1.29 is 10.2 Å². The van der Waals surface area contributed by atoms with E-state index in [1.54, 1.807) is 11.1 Å². The van der Waals surface area contributed by atoms with Gasteiger partial charge in [-0.25, -0.2) is 0 Å². The first-order chi connectivity index (χ1) is 14.3. The van der Waals surface area contributed by atoms with Crippen LogP contribution in [0.3, 0.4) is 0 Å². The Morgan fingerprint density at radius 3 is 2.77 bits per heavy atom. The number of nitrogens with one attached hydrogen (secondary N) is 1. The molecule has 0 spiro atoms. The van der Waals surface area contributed by atoms with Gasteiger partial charge in [0.05, 0.1) is 12.2 Å². The SMILES string of the molecule is Cc1c([C@@H](C)[C@@H]2NC[C@@H](C)C[C@H]2O)ccc2c1C[C@H]1[C@H]2CC=C2C[C@@H](O)CC[C@@]21C. The number of benzene rings is 1. The van der Waals surface area contributed by atoms with Gasteiger partial charge in [0.15, 0.2) is 0 Å². The molecular formula is C27H39NO2. The molecule has 1 aliphatic heterocycles. The summed E-state index contributed by atoms with van der Waals surface area (Å²) in [6.45, 7) is 10.3. The summed E-state index contributed by atoms with van der Waals surface area (Å²) >= 11 is 0. The van der Waals surface area contributed by atoms with Crippen LogP contribution in [0.2, 0.25) is 0 Å². The summed E-state index contributed by atoms with van der Waals surface area (Å²) in [6, 6.07) is 4.92. The number of hydrogen-bond acceptors (Lipinski definition) is 3. The molecule has 1 aromatic rings. The lowest BCUT2D eigenvalue weighted by molar-refractivity contribution is 0.0656. The van der Waals surface area contributed by atoms with Crippen molar-refractivity contribution in [3.63, 3.8) is 0 Å². The number of aliphatic hydroxyl groups is 2. The summed E-state index contributed by atoms with van der Waals surface area (Å²) in [5.41, 5.74) is 7.79. The maximum Gasteiger partial charge on any atom is 0.0702 e. The van der Waals surface area contributed by atoms with Crippen molar-refractivity contribution in [1.82, 2.24) is 5.32 Å². The Kier molecular flexibility index (Phi) is 5.16. The average molecular weight is 410 g/mol. The molecule has 0 bridgehead atoms. The van der Waals surface area contributed by atoms with Gasteiger partial charge in [-0.3, -0.25) is 0 Å². The first-order valence-electron chi connectivity index (χ1n) is 12.2. The third-order valence-electron chi connectivity index (χ3n) is 9.40. The van der Waals surface area contributed by atoms with Crippen molar-refractivity contribution in [3.8, 4) is 0 Å². The van der Waals surface area contributed by atoms with Gasteiger partial charge in [-0.2, -0.15) is 0 Å². The van der Waals surface area contributed by atoms with E-state index in [0.29, 0.717) is 23.7 Å². The van der Waals surface area contributed by atoms with Crippen LogP contribution in [-0.2, 0) is 6.42 Å². The van der Waals surface area contributed by atoms with Gasteiger partial charge in [-0.1, -0.05) is 44.6 Å². The smallest absolute Gasteiger partial charge is 0.0702 e. The summed E-state index contributed by atoms with van der Waals surface area (Å²) < 4.78 is 0. The quantitative estimate of drug-likeness (QED) is 0.626. The molecule has 3 aliphatic carbocycles.